The van der Waals surface area contributed by atoms with Gasteiger partial charge in [-0.1, -0.05) is 6.42 Å². The number of ether oxygens (including phenoxy) is 2. The van der Waals surface area contributed by atoms with Crippen LogP contribution in [0.25, 0.3) is 0 Å². The zero-order valence-corrected chi connectivity index (χ0v) is 21.1. The fraction of sp³-hybridized carbons (Fsp3) is 0.682. The van der Waals surface area contributed by atoms with E-state index in [4.69, 9.17) is 20.3 Å². The van der Waals surface area contributed by atoms with Crippen LogP contribution in [0.4, 0.5) is 9.59 Å². The average molecular weight is 532 g/mol. The molecule has 0 aromatic heterocycles. The lowest BCUT2D eigenvalue weighted by atomic mass is 10.0. The summed E-state index contributed by atoms with van der Waals surface area (Å²) in [6, 6.07) is -2.50. The Kier molecular flexibility index (Phi) is 17.5. The minimum absolute atomic E-state index is 0.0545. The van der Waals surface area contributed by atoms with Crippen molar-refractivity contribution in [2.75, 3.05) is 19.8 Å². The van der Waals surface area contributed by atoms with E-state index in [2.05, 4.69) is 20.9 Å². The fourth-order valence-electron chi connectivity index (χ4n) is 2.80. The van der Waals surface area contributed by atoms with Crippen molar-refractivity contribution < 1.29 is 48.5 Å². The highest BCUT2D eigenvalue weighted by Gasteiger charge is 2.22. The summed E-state index contributed by atoms with van der Waals surface area (Å²) in [5, 5.41) is 24.8. The van der Waals surface area contributed by atoms with E-state index in [9.17, 15) is 33.9 Å². The standard InChI is InChI=1S/C22H37N5O10/c1-3-36-21(34)26-20(27-22(35)37-4-2)24-13-7-5-6-8-14(28)9-11-16(19(32)33)25-17(29)12-10-15(23)18(30)31/h15-16H,3-13,23H2,1-2H3,(H,25,29)(H,30,31)(H,32,33)(H2,24,26,27,34,35). The van der Waals surface area contributed by atoms with Gasteiger partial charge in [-0.15, -0.1) is 0 Å². The molecule has 0 fully saturated rings. The maximum Gasteiger partial charge on any atom is 0.413 e. The number of unbranched alkanes of at least 4 members (excludes halogenated alkanes) is 2. The molecule has 0 radical (unpaired) electrons. The number of carbonyl (C=O) groups is 6. The molecular formula is C22H37N5O10. The van der Waals surface area contributed by atoms with Gasteiger partial charge in [0.2, 0.25) is 11.9 Å². The number of rotatable bonds is 17. The molecule has 0 aliphatic carbocycles. The topological polar surface area (TPSA) is 236 Å². The van der Waals surface area contributed by atoms with E-state index < -0.39 is 42.1 Å². The predicted octanol–water partition coefficient (Wildman–Crippen LogP) is 0.506. The maximum atomic E-state index is 12.1. The third-order valence-corrected chi connectivity index (χ3v) is 4.72. The van der Waals surface area contributed by atoms with Crippen LogP contribution in [-0.2, 0) is 28.7 Å². The molecule has 0 rings (SSSR count). The summed E-state index contributed by atoms with van der Waals surface area (Å²) in [5.74, 6) is -3.52. The second kappa shape index (κ2) is 19.4. The van der Waals surface area contributed by atoms with Crippen LogP contribution in [0.2, 0.25) is 0 Å². The highest BCUT2D eigenvalue weighted by Crippen LogP contribution is 2.07. The van der Waals surface area contributed by atoms with Gasteiger partial charge in [0.25, 0.3) is 0 Å². The highest BCUT2D eigenvalue weighted by molar-refractivity contribution is 6.01. The molecule has 0 aliphatic rings. The molecule has 15 nitrogen and oxygen atoms in total. The molecular weight excluding hydrogens is 494 g/mol. The van der Waals surface area contributed by atoms with Crippen molar-refractivity contribution in [1.82, 2.24) is 16.0 Å². The lowest BCUT2D eigenvalue weighted by Gasteiger charge is -2.14. The first-order chi connectivity index (χ1) is 17.5. The molecule has 2 unspecified atom stereocenters. The molecule has 0 aliphatic heterocycles. The van der Waals surface area contributed by atoms with E-state index in [0.717, 1.165) is 0 Å². The number of carboxylic acid groups (broad SMARTS) is 2. The first kappa shape index (κ1) is 33.2. The molecule has 15 heteroatoms. The van der Waals surface area contributed by atoms with Crippen molar-refractivity contribution in [1.29, 1.82) is 0 Å². The smallest absolute Gasteiger partial charge is 0.413 e. The Morgan fingerprint density at radius 1 is 0.811 bits per heavy atom. The van der Waals surface area contributed by atoms with Crippen molar-refractivity contribution in [3.63, 3.8) is 0 Å². The quantitative estimate of drug-likeness (QED) is 0.0858. The van der Waals surface area contributed by atoms with Crippen molar-refractivity contribution in [3.8, 4) is 0 Å². The molecule has 7 N–H and O–H groups in total. The van der Waals surface area contributed by atoms with Gasteiger partial charge < -0.3 is 30.7 Å². The highest BCUT2D eigenvalue weighted by atomic mass is 16.6. The number of hydrogen-bond acceptors (Lipinski definition) is 10. The van der Waals surface area contributed by atoms with E-state index in [0.29, 0.717) is 19.3 Å². The summed E-state index contributed by atoms with van der Waals surface area (Å²) < 4.78 is 9.49. The van der Waals surface area contributed by atoms with E-state index in [1.807, 2.05) is 0 Å². The fourth-order valence-corrected chi connectivity index (χ4v) is 2.80. The summed E-state index contributed by atoms with van der Waals surface area (Å²) in [6.07, 6.45) is -0.271. The summed E-state index contributed by atoms with van der Waals surface area (Å²) in [6.45, 7) is 3.74. The van der Waals surface area contributed by atoms with Crippen LogP contribution in [0, 0.1) is 0 Å². The molecule has 2 atom stereocenters. The number of nitrogens with zero attached hydrogens (tertiary/aromatic N) is 1. The Morgan fingerprint density at radius 2 is 1.41 bits per heavy atom. The van der Waals surface area contributed by atoms with Gasteiger partial charge in [0.15, 0.2) is 0 Å². The number of aliphatic imine (C=N–C) groups is 1. The van der Waals surface area contributed by atoms with Crippen LogP contribution in [0.1, 0.15) is 65.2 Å². The van der Waals surface area contributed by atoms with Crippen LogP contribution in [-0.4, -0.2) is 83.8 Å². The van der Waals surface area contributed by atoms with Gasteiger partial charge in [-0.05, 0) is 39.5 Å². The number of alkyl carbamates (subject to hydrolysis) is 2. The summed E-state index contributed by atoms with van der Waals surface area (Å²) in [7, 11) is 0. The third kappa shape index (κ3) is 17.3. The number of carbonyl (C=O) groups excluding carboxylic acids is 4. The molecule has 0 heterocycles. The Bertz CT molecular complexity index is 796. The van der Waals surface area contributed by atoms with Crippen LogP contribution in [0.15, 0.2) is 4.99 Å². The van der Waals surface area contributed by atoms with Gasteiger partial charge in [0.1, 0.15) is 17.9 Å². The van der Waals surface area contributed by atoms with Gasteiger partial charge in [0.05, 0.1) is 13.2 Å². The Hall–Kier alpha value is -3.75. The first-order valence-corrected chi connectivity index (χ1v) is 11.9. The van der Waals surface area contributed by atoms with E-state index in [-0.39, 0.29) is 63.6 Å². The average Bonchev–Trinajstić information content (AvgIpc) is 2.82. The van der Waals surface area contributed by atoms with Crippen molar-refractivity contribution in [3.05, 3.63) is 0 Å². The lowest BCUT2D eigenvalue weighted by molar-refractivity contribution is -0.142. The molecule has 0 saturated carbocycles. The minimum atomic E-state index is -1.30. The minimum Gasteiger partial charge on any atom is -0.480 e. The number of carboxylic acids is 2. The largest absolute Gasteiger partial charge is 0.480 e. The van der Waals surface area contributed by atoms with Crippen LogP contribution in [0.3, 0.4) is 0 Å². The number of ketones is 1. The lowest BCUT2D eigenvalue weighted by Crippen LogP contribution is -2.44. The van der Waals surface area contributed by atoms with Crippen LogP contribution in [0.5, 0.6) is 0 Å². The van der Waals surface area contributed by atoms with E-state index in [1.165, 1.54) is 0 Å². The molecule has 210 valence electrons. The Balaban J connectivity index is 4.41. The molecule has 0 aromatic rings. The zero-order chi connectivity index (χ0) is 28.2. The first-order valence-electron chi connectivity index (χ1n) is 11.9. The van der Waals surface area contributed by atoms with Crippen molar-refractivity contribution in [2.45, 2.75) is 77.3 Å². The second-order valence-corrected chi connectivity index (χ2v) is 7.75. The van der Waals surface area contributed by atoms with Crippen molar-refractivity contribution >= 4 is 41.8 Å². The zero-order valence-electron chi connectivity index (χ0n) is 21.1. The van der Waals surface area contributed by atoms with E-state index in [1.54, 1.807) is 13.8 Å². The molecule has 0 bridgehead atoms. The second-order valence-electron chi connectivity index (χ2n) is 7.75. The normalized spacial score (nSPS) is 11.9. The summed E-state index contributed by atoms with van der Waals surface area (Å²) in [4.78, 5) is 73.2. The summed E-state index contributed by atoms with van der Waals surface area (Å²) >= 11 is 0. The number of guanidine groups is 1. The molecule has 3 amide bonds. The molecule has 0 saturated heterocycles. The van der Waals surface area contributed by atoms with Crippen LogP contribution < -0.4 is 21.7 Å². The molecule has 0 spiro atoms. The monoisotopic (exact) mass is 531 g/mol. The molecule has 37 heavy (non-hydrogen) atoms. The van der Waals surface area contributed by atoms with E-state index >= 15 is 0 Å². The number of Topliss-reactive ketones (excluding diaryl/α,β-unsaturated/α-hetero) is 1. The van der Waals surface area contributed by atoms with Gasteiger partial charge >= 0.3 is 24.1 Å². The van der Waals surface area contributed by atoms with Gasteiger partial charge in [-0.3, -0.25) is 30.0 Å². The van der Waals surface area contributed by atoms with Crippen LogP contribution >= 0.6 is 0 Å². The Morgan fingerprint density at radius 3 is 1.92 bits per heavy atom. The van der Waals surface area contributed by atoms with Gasteiger partial charge in [-0.2, -0.15) is 0 Å². The van der Waals surface area contributed by atoms with Gasteiger partial charge in [-0.25, -0.2) is 14.4 Å². The maximum absolute atomic E-state index is 12.1. The van der Waals surface area contributed by atoms with Gasteiger partial charge in [0, 0.05) is 25.8 Å². The number of aliphatic carboxylic acids is 2. The Labute approximate surface area is 214 Å². The number of amides is 3. The number of nitrogens with one attached hydrogen (secondary N) is 3. The van der Waals surface area contributed by atoms with Crippen molar-refractivity contribution in [2.24, 2.45) is 10.7 Å². The predicted molar refractivity (Wildman–Crippen MR) is 130 cm³/mol. The SMILES string of the molecule is CCOC(=O)NC(=NCCCCCC(=O)CCC(NC(=O)CCC(N)C(=O)O)C(=O)O)NC(=O)OCC. The summed E-state index contributed by atoms with van der Waals surface area (Å²) in [5.41, 5.74) is 5.31. The number of nitrogens with two attached hydrogens (primary N) is 1. The molecule has 0 aromatic carbocycles. The third-order valence-electron chi connectivity index (χ3n) is 4.72. The number of hydrogen-bond donors (Lipinski definition) is 6.